The molecule has 2 aliphatic heterocycles. The number of amides is 1. The van der Waals surface area contributed by atoms with Crippen molar-refractivity contribution in [3.05, 3.63) is 59.2 Å². The van der Waals surface area contributed by atoms with E-state index >= 15 is 0 Å². The fourth-order valence-electron chi connectivity index (χ4n) is 4.20. The Morgan fingerprint density at radius 3 is 2.62 bits per heavy atom. The SMILES string of the molecule is Cc1ccccc1CC(=O)NC(Cc1ccc2c(c1)OCCO2)CN1CCCC1. The summed E-state index contributed by atoms with van der Waals surface area (Å²) in [6.07, 6.45) is 3.69. The van der Waals surface area contributed by atoms with Crippen molar-refractivity contribution in [3.8, 4) is 11.5 Å². The Labute approximate surface area is 173 Å². The molecule has 1 fully saturated rings. The van der Waals surface area contributed by atoms with Gasteiger partial charge in [0.15, 0.2) is 11.5 Å². The molecule has 1 saturated heterocycles. The Balaban J connectivity index is 1.44. The quantitative estimate of drug-likeness (QED) is 0.784. The van der Waals surface area contributed by atoms with Crippen molar-refractivity contribution in [2.75, 3.05) is 32.8 Å². The number of carbonyl (C=O) groups excluding carboxylic acids is 1. The van der Waals surface area contributed by atoms with Crippen molar-refractivity contribution in [3.63, 3.8) is 0 Å². The molecule has 1 atom stereocenters. The summed E-state index contributed by atoms with van der Waals surface area (Å²) in [5.41, 5.74) is 3.41. The third kappa shape index (κ3) is 5.30. The number of benzene rings is 2. The summed E-state index contributed by atoms with van der Waals surface area (Å²) in [7, 11) is 0. The van der Waals surface area contributed by atoms with E-state index in [1.165, 1.54) is 12.8 Å². The number of hydrogen-bond donors (Lipinski definition) is 1. The molecule has 0 radical (unpaired) electrons. The molecule has 1 amide bonds. The Hall–Kier alpha value is -2.53. The molecular formula is C24H30N2O3. The normalized spacial score (nSPS) is 17.1. The van der Waals surface area contributed by atoms with Crippen LogP contribution in [-0.2, 0) is 17.6 Å². The zero-order valence-corrected chi connectivity index (χ0v) is 17.2. The Morgan fingerprint density at radius 1 is 1.07 bits per heavy atom. The summed E-state index contributed by atoms with van der Waals surface area (Å²) < 4.78 is 11.4. The number of fused-ring (bicyclic) bond motifs is 1. The second kappa shape index (κ2) is 9.31. The van der Waals surface area contributed by atoms with Crippen molar-refractivity contribution in [2.45, 2.75) is 38.6 Å². The summed E-state index contributed by atoms with van der Waals surface area (Å²) >= 11 is 0. The van der Waals surface area contributed by atoms with Gasteiger partial charge in [-0.3, -0.25) is 4.79 Å². The minimum absolute atomic E-state index is 0.0761. The summed E-state index contributed by atoms with van der Waals surface area (Å²) in [5, 5.41) is 3.30. The van der Waals surface area contributed by atoms with Crippen LogP contribution < -0.4 is 14.8 Å². The van der Waals surface area contributed by atoms with E-state index in [4.69, 9.17) is 9.47 Å². The topological polar surface area (TPSA) is 50.8 Å². The van der Waals surface area contributed by atoms with E-state index in [1.807, 2.05) is 24.3 Å². The molecule has 29 heavy (non-hydrogen) atoms. The smallest absolute Gasteiger partial charge is 0.224 e. The molecule has 0 bridgehead atoms. The van der Waals surface area contributed by atoms with E-state index in [-0.39, 0.29) is 11.9 Å². The second-order valence-electron chi connectivity index (χ2n) is 8.06. The molecule has 2 aliphatic rings. The Morgan fingerprint density at radius 2 is 1.83 bits per heavy atom. The number of carbonyl (C=O) groups is 1. The molecule has 0 spiro atoms. The predicted molar refractivity (Wildman–Crippen MR) is 114 cm³/mol. The maximum atomic E-state index is 12.8. The first-order valence-corrected chi connectivity index (χ1v) is 10.6. The van der Waals surface area contributed by atoms with Gasteiger partial charge >= 0.3 is 0 Å². The molecule has 154 valence electrons. The summed E-state index contributed by atoms with van der Waals surface area (Å²) in [5.74, 6) is 1.70. The van der Waals surface area contributed by atoms with E-state index in [1.54, 1.807) is 0 Å². The molecule has 5 nitrogen and oxygen atoms in total. The van der Waals surface area contributed by atoms with Gasteiger partial charge in [-0.15, -0.1) is 0 Å². The summed E-state index contributed by atoms with van der Waals surface area (Å²) in [6.45, 7) is 6.35. The number of nitrogens with zero attached hydrogens (tertiary/aromatic N) is 1. The lowest BCUT2D eigenvalue weighted by Gasteiger charge is -2.25. The molecule has 1 unspecified atom stereocenters. The van der Waals surface area contributed by atoms with Crippen molar-refractivity contribution in [1.29, 1.82) is 0 Å². The highest BCUT2D eigenvalue weighted by atomic mass is 16.6. The maximum absolute atomic E-state index is 12.8. The molecule has 2 aromatic rings. The number of nitrogens with one attached hydrogen (secondary N) is 1. The van der Waals surface area contributed by atoms with Crippen LogP contribution in [0.15, 0.2) is 42.5 Å². The van der Waals surface area contributed by atoms with Gasteiger partial charge in [-0.05, 0) is 68.1 Å². The van der Waals surface area contributed by atoms with Crippen LogP contribution in [0.1, 0.15) is 29.5 Å². The van der Waals surface area contributed by atoms with Crippen molar-refractivity contribution >= 4 is 5.91 Å². The second-order valence-corrected chi connectivity index (χ2v) is 8.06. The molecule has 2 heterocycles. The Bertz CT molecular complexity index is 846. The Kier molecular flexibility index (Phi) is 6.35. The molecule has 0 aromatic heterocycles. The lowest BCUT2D eigenvalue weighted by atomic mass is 10.0. The van der Waals surface area contributed by atoms with Crippen LogP contribution >= 0.6 is 0 Å². The highest BCUT2D eigenvalue weighted by molar-refractivity contribution is 5.79. The lowest BCUT2D eigenvalue weighted by Crippen LogP contribution is -2.45. The van der Waals surface area contributed by atoms with Crippen molar-refractivity contribution in [2.24, 2.45) is 0 Å². The van der Waals surface area contributed by atoms with E-state index in [2.05, 4.69) is 35.3 Å². The first kappa shape index (κ1) is 19.8. The monoisotopic (exact) mass is 394 g/mol. The molecule has 4 rings (SSSR count). The number of aryl methyl sites for hydroxylation is 1. The highest BCUT2D eigenvalue weighted by Crippen LogP contribution is 2.31. The molecule has 5 heteroatoms. The van der Waals surface area contributed by atoms with Crippen LogP contribution in [0.2, 0.25) is 0 Å². The lowest BCUT2D eigenvalue weighted by molar-refractivity contribution is -0.121. The number of likely N-dealkylation sites (tertiary alicyclic amines) is 1. The van der Waals surface area contributed by atoms with Gasteiger partial charge in [0.05, 0.1) is 6.42 Å². The van der Waals surface area contributed by atoms with E-state index in [0.29, 0.717) is 19.6 Å². The molecular weight excluding hydrogens is 364 g/mol. The average molecular weight is 395 g/mol. The van der Waals surface area contributed by atoms with Crippen LogP contribution in [0, 0.1) is 6.92 Å². The fraction of sp³-hybridized carbons (Fsp3) is 0.458. The number of rotatable bonds is 7. The van der Waals surface area contributed by atoms with E-state index in [0.717, 1.165) is 54.2 Å². The van der Waals surface area contributed by atoms with Gasteiger partial charge in [0.1, 0.15) is 13.2 Å². The number of hydrogen-bond acceptors (Lipinski definition) is 4. The molecule has 1 N–H and O–H groups in total. The number of ether oxygens (including phenoxy) is 2. The molecule has 0 aliphatic carbocycles. The summed E-state index contributed by atoms with van der Waals surface area (Å²) in [4.78, 5) is 15.3. The zero-order valence-electron chi connectivity index (χ0n) is 17.2. The maximum Gasteiger partial charge on any atom is 0.224 e. The minimum atomic E-state index is 0.0761. The van der Waals surface area contributed by atoms with Crippen LogP contribution in [0.25, 0.3) is 0 Å². The van der Waals surface area contributed by atoms with Gasteiger partial charge in [0.2, 0.25) is 5.91 Å². The van der Waals surface area contributed by atoms with E-state index < -0.39 is 0 Å². The van der Waals surface area contributed by atoms with Crippen LogP contribution in [-0.4, -0.2) is 49.7 Å². The zero-order chi connectivity index (χ0) is 20.1. The third-order valence-electron chi connectivity index (χ3n) is 5.74. The van der Waals surface area contributed by atoms with Crippen molar-refractivity contribution < 1.29 is 14.3 Å². The van der Waals surface area contributed by atoms with Crippen LogP contribution in [0.5, 0.6) is 11.5 Å². The highest BCUT2D eigenvalue weighted by Gasteiger charge is 2.21. The van der Waals surface area contributed by atoms with Gasteiger partial charge in [-0.2, -0.15) is 0 Å². The molecule has 0 saturated carbocycles. The molecule has 2 aromatic carbocycles. The van der Waals surface area contributed by atoms with Gasteiger partial charge in [0, 0.05) is 12.6 Å². The first-order chi connectivity index (χ1) is 14.2. The van der Waals surface area contributed by atoms with Crippen LogP contribution in [0.4, 0.5) is 0 Å². The summed E-state index contributed by atoms with van der Waals surface area (Å²) in [6, 6.07) is 14.3. The van der Waals surface area contributed by atoms with E-state index in [9.17, 15) is 4.79 Å². The largest absolute Gasteiger partial charge is 0.486 e. The fourth-order valence-corrected chi connectivity index (χ4v) is 4.20. The van der Waals surface area contributed by atoms with Gasteiger partial charge in [0.25, 0.3) is 0 Å². The first-order valence-electron chi connectivity index (χ1n) is 10.6. The predicted octanol–water partition coefficient (Wildman–Crippen LogP) is 3.13. The van der Waals surface area contributed by atoms with Gasteiger partial charge < -0.3 is 19.7 Å². The minimum Gasteiger partial charge on any atom is -0.486 e. The average Bonchev–Trinajstić information content (AvgIpc) is 3.22. The standard InChI is InChI=1S/C24H30N2O3/c1-18-6-2-3-7-20(18)16-24(27)25-21(17-26-10-4-5-11-26)14-19-8-9-22-23(15-19)29-13-12-28-22/h2-3,6-9,15,21H,4-5,10-14,16-17H2,1H3,(H,25,27). The van der Waals surface area contributed by atoms with Gasteiger partial charge in [-0.1, -0.05) is 30.3 Å². The third-order valence-corrected chi connectivity index (χ3v) is 5.74. The van der Waals surface area contributed by atoms with Gasteiger partial charge in [-0.25, -0.2) is 0 Å². The van der Waals surface area contributed by atoms with Crippen molar-refractivity contribution in [1.82, 2.24) is 10.2 Å². The van der Waals surface area contributed by atoms with Crippen LogP contribution in [0.3, 0.4) is 0 Å².